The van der Waals surface area contributed by atoms with Crippen LogP contribution in [0.3, 0.4) is 0 Å². The molecule has 3 nitrogen and oxygen atoms in total. The van der Waals surface area contributed by atoms with Crippen LogP contribution in [-0.2, 0) is 0 Å². The molecule has 3 aromatic heterocycles. The molecule has 0 unspecified atom stereocenters. The number of furan rings is 1. The molecule has 0 spiro atoms. The summed E-state index contributed by atoms with van der Waals surface area (Å²) in [6.07, 6.45) is 0. The minimum Gasteiger partial charge on any atom is -0.454 e. The van der Waals surface area contributed by atoms with Gasteiger partial charge in [-0.1, -0.05) is 140 Å². The summed E-state index contributed by atoms with van der Waals surface area (Å²) in [5, 5.41) is 7.08. The highest BCUT2D eigenvalue weighted by Crippen LogP contribution is 2.43. The smallest absolute Gasteiger partial charge is 0.160 e. The first-order valence-corrected chi connectivity index (χ1v) is 19.5. The van der Waals surface area contributed by atoms with Crippen LogP contribution in [0.4, 0.5) is 0 Å². The van der Waals surface area contributed by atoms with Crippen LogP contribution in [0.15, 0.2) is 211 Å². The molecule has 0 atom stereocenters. The fraction of sp³-hybridized carbons (Fsp3) is 0. The van der Waals surface area contributed by atoms with Crippen molar-refractivity contribution in [3.8, 4) is 44.8 Å². The Labute approximate surface area is 328 Å². The molecule has 0 aliphatic heterocycles. The van der Waals surface area contributed by atoms with E-state index in [1.165, 1.54) is 66.0 Å². The van der Waals surface area contributed by atoms with E-state index in [0.717, 1.165) is 44.3 Å². The Kier molecular flexibility index (Phi) is 6.93. The number of hydrogen-bond acceptors (Lipinski definition) is 1. The number of hydrogen-bond donors (Lipinski definition) is 0. The van der Waals surface area contributed by atoms with Crippen LogP contribution in [0, 0.1) is 0 Å². The maximum absolute atomic E-state index is 6.72. The Morgan fingerprint density at radius 3 is 1.46 bits per heavy atom. The topological polar surface area (TPSA) is 23.0 Å². The number of fused-ring (bicyclic) bond motifs is 10. The standard InChI is InChI=1S/C54H34N2O/c1-3-13-35(14-4-1)37-17-11-19-41(31-37)55-49-23-9-7-21-43(49)47-33-39(25-29-50(47)55)40-26-30-51-48(34-40)45-27-28-46-44-22-8-10-24-52(44)57-54(46)53(45)56(51)42-20-12-18-38(32-42)36-15-5-2-6-16-36/h1-34H. The summed E-state index contributed by atoms with van der Waals surface area (Å²) >= 11 is 0. The van der Waals surface area contributed by atoms with E-state index in [1.807, 2.05) is 6.07 Å². The molecular formula is C54H34N2O. The van der Waals surface area contributed by atoms with Crippen LogP contribution in [0.5, 0.6) is 0 Å². The van der Waals surface area contributed by atoms with E-state index in [0.29, 0.717) is 0 Å². The molecule has 3 heteroatoms. The molecule has 0 amide bonds. The van der Waals surface area contributed by atoms with E-state index in [2.05, 4.69) is 209 Å². The third-order valence-corrected chi connectivity index (χ3v) is 11.7. The fourth-order valence-electron chi connectivity index (χ4n) is 9.07. The van der Waals surface area contributed by atoms with Crippen molar-refractivity contribution in [2.45, 2.75) is 0 Å². The van der Waals surface area contributed by atoms with Crippen molar-refractivity contribution in [2.75, 3.05) is 0 Å². The molecule has 0 fully saturated rings. The number of benzene rings is 9. The molecule has 0 aliphatic carbocycles. The molecule has 0 bridgehead atoms. The summed E-state index contributed by atoms with van der Waals surface area (Å²) in [6.45, 7) is 0. The van der Waals surface area contributed by atoms with E-state index in [1.54, 1.807) is 0 Å². The van der Waals surface area contributed by atoms with E-state index in [-0.39, 0.29) is 0 Å². The summed E-state index contributed by atoms with van der Waals surface area (Å²) < 4.78 is 11.5. The fourth-order valence-corrected chi connectivity index (χ4v) is 9.07. The van der Waals surface area contributed by atoms with Crippen LogP contribution in [0.25, 0.3) is 110 Å². The lowest BCUT2D eigenvalue weighted by atomic mass is 10.0. The van der Waals surface area contributed by atoms with Gasteiger partial charge in [0.05, 0.1) is 22.1 Å². The number of nitrogens with zero attached hydrogens (tertiary/aromatic N) is 2. The van der Waals surface area contributed by atoms with Crippen molar-refractivity contribution < 1.29 is 4.42 Å². The molecule has 9 aromatic carbocycles. The lowest BCUT2D eigenvalue weighted by Crippen LogP contribution is -1.95. The van der Waals surface area contributed by atoms with Gasteiger partial charge in [0.15, 0.2) is 5.58 Å². The summed E-state index contributed by atoms with van der Waals surface area (Å²) in [5.74, 6) is 0. The van der Waals surface area contributed by atoms with Gasteiger partial charge in [-0.15, -0.1) is 0 Å². The molecule has 12 rings (SSSR count). The second kappa shape index (κ2) is 12.5. The Morgan fingerprint density at radius 2 is 0.772 bits per heavy atom. The van der Waals surface area contributed by atoms with Crippen LogP contribution in [0.1, 0.15) is 0 Å². The third kappa shape index (κ3) is 4.92. The number of rotatable bonds is 5. The molecule has 0 saturated carbocycles. The maximum atomic E-state index is 6.72. The quantitative estimate of drug-likeness (QED) is 0.173. The average molecular weight is 727 g/mol. The molecule has 3 heterocycles. The van der Waals surface area contributed by atoms with Gasteiger partial charge >= 0.3 is 0 Å². The molecule has 0 radical (unpaired) electrons. The van der Waals surface area contributed by atoms with E-state index < -0.39 is 0 Å². The van der Waals surface area contributed by atoms with Gasteiger partial charge in [-0.3, -0.25) is 0 Å². The SMILES string of the molecule is c1ccc(-c2cccc(-n3c4ccccc4c4cc(-c5ccc6c(c5)c5ccc7c8ccccc8oc7c5n6-c5cccc(-c6ccccc6)c5)ccc43)c2)cc1. The largest absolute Gasteiger partial charge is 0.454 e. The predicted octanol–water partition coefficient (Wildman–Crippen LogP) is 14.8. The summed E-state index contributed by atoms with van der Waals surface area (Å²) in [6, 6.07) is 74.4. The Balaban J connectivity index is 1.07. The molecule has 266 valence electrons. The van der Waals surface area contributed by atoms with E-state index in [9.17, 15) is 0 Å². The van der Waals surface area contributed by atoms with Gasteiger partial charge < -0.3 is 13.6 Å². The van der Waals surface area contributed by atoms with Crippen molar-refractivity contribution in [1.82, 2.24) is 9.13 Å². The van der Waals surface area contributed by atoms with Crippen molar-refractivity contribution in [3.05, 3.63) is 206 Å². The van der Waals surface area contributed by atoms with Gasteiger partial charge in [-0.2, -0.15) is 0 Å². The van der Waals surface area contributed by atoms with Crippen molar-refractivity contribution in [3.63, 3.8) is 0 Å². The first-order chi connectivity index (χ1) is 28.3. The summed E-state index contributed by atoms with van der Waals surface area (Å²) in [4.78, 5) is 0. The first-order valence-electron chi connectivity index (χ1n) is 19.5. The monoisotopic (exact) mass is 726 g/mol. The highest BCUT2D eigenvalue weighted by Gasteiger charge is 2.21. The number of para-hydroxylation sites is 2. The van der Waals surface area contributed by atoms with Crippen LogP contribution >= 0.6 is 0 Å². The average Bonchev–Trinajstić information content (AvgIpc) is 3.94. The lowest BCUT2D eigenvalue weighted by molar-refractivity contribution is 0.671. The second-order valence-electron chi connectivity index (χ2n) is 14.9. The third-order valence-electron chi connectivity index (χ3n) is 11.7. The van der Waals surface area contributed by atoms with Crippen LogP contribution < -0.4 is 0 Å². The van der Waals surface area contributed by atoms with Crippen LogP contribution in [0.2, 0.25) is 0 Å². The van der Waals surface area contributed by atoms with E-state index in [4.69, 9.17) is 4.42 Å². The van der Waals surface area contributed by atoms with Crippen molar-refractivity contribution in [1.29, 1.82) is 0 Å². The minimum absolute atomic E-state index is 0.898. The van der Waals surface area contributed by atoms with Crippen molar-refractivity contribution in [2.24, 2.45) is 0 Å². The zero-order valence-electron chi connectivity index (χ0n) is 30.9. The Bertz CT molecular complexity index is 3510. The van der Waals surface area contributed by atoms with E-state index >= 15 is 0 Å². The minimum atomic E-state index is 0.898. The zero-order valence-corrected chi connectivity index (χ0v) is 30.9. The maximum Gasteiger partial charge on any atom is 0.160 e. The van der Waals surface area contributed by atoms with Gasteiger partial charge in [-0.25, -0.2) is 0 Å². The van der Waals surface area contributed by atoms with Gasteiger partial charge in [0.1, 0.15) is 5.58 Å². The van der Waals surface area contributed by atoms with Gasteiger partial charge in [0.2, 0.25) is 0 Å². The molecule has 0 aliphatic rings. The second-order valence-corrected chi connectivity index (χ2v) is 14.9. The molecule has 57 heavy (non-hydrogen) atoms. The highest BCUT2D eigenvalue weighted by atomic mass is 16.3. The Morgan fingerprint density at radius 1 is 0.281 bits per heavy atom. The predicted molar refractivity (Wildman–Crippen MR) is 239 cm³/mol. The van der Waals surface area contributed by atoms with Gasteiger partial charge in [0, 0.05) is 43.7 Å². The summed E-state index contributed by atoms with van der Waals surface area (Å²) in [5.41, 5.74) is 15.8. The Hall–Kier alpha value is -7.62. The van der Waals surface area contributed by atoms with Gasteiger partial charge in [-0.05, 0) is 100 Å². The first kappa shape index (κ1) is 31.7. The lowest BCUT2D eigenvalue weighted by Gasteiger charge is -2.11. The van der Waals surface area contributed by atoms with Crippen molar-refractivity contribution >= 4 is 65.6 Å². The van der Waals surface area contributed by atoms with Gasteiger partial charge in [0.25, 0.3) is 0 Å². The molecule has 0 saturated heterocycles. The molecular weight excluding hydrogens is 693 g/mol. The zero-order chi connectivity index (χ0) is 37.5. The molecule has 12 aromatic rings. The molecule has 0 N–H and O–H groups in total. The number of aromatic nitrogens is 2. The van der Waals surface area contributed by atoms with Crippen LogP contribution in [-0.4, -0.2) is 9.13 Å². The summed E-state index contributed by atoms with van der Waals surface area (Å²) in [7, 11) is 0. The normalized spacial score (nSPS) is 11.9. The highest BCUT2D eigenvalue weighted by molar-refractivity contribution is 6.22.